The van der Waals surface area contributed by atoms with E-state index < -0.39 is 11.5 Å². The number of hydrogen-bond donors (Lipinski definition) is 1. The second-order valence-electron chi connectivity index (χ2n) is 4.94. The van der Waals surface area contributed by atoms with Crippen molar-refractivity contribution in [3.8, 4) is 0 Å². The van der Waals surface area contributed by atoms with Gasteiger partial charge in [-0.3, -0.25) is 4.79 Å². The third-order valence-corrected chi connectivity index (χ3v) is 4.05. The van der Waals surface area contributed by atoms with E-state index in [2.05, 4.69) is 21.2 Å². The number of rotatable bonds is 3. The van der Waals surface area contributed by atoms with Gasteiger partial charge in [0.25, 0.3) is 5.91 Å². The fourth-order valence-electron chi connectivity index (χ4n) is 2.13. The van der Waals surface area contributed by atoms with Crippen molar-refractivity contribution < 1.29 is 9.21 Å². The van der Waals surface area contributed by atoms with Gasteiger partial charge in [0, 0.05) is 21.4 Å². The summed E-state index contributed by atoms with van der Waals surface area (Å²) in [6, 6.07) is 13.9. The maximum Gasteiger partial charge on any atom is 0.349 e. The molecule has 0 bridgehead atoms. The quantitative estimate of drug-likeness (QED) is 0.682. The van der Waals surface area contributed by atoms with Crippen LogP contribution in [-0.4, -0.2) is 5.91 Å². The Morgan fingerprint density at radius 1 is 1.13 bits per heavy atom. The minimum atomic E-state index is -0.659. The van der Waals surface area contributed by atoms with Crippen LogP contribution in [0, 0.1) is 0 Å². The summed E-state index contributed by atoms with van der Waals surface area (Å²) in [7, 11) is 0. The summed E-state index contributed by atoms with van der Waals surface area (Å²) >= 11 is 9.16. The number of amides is 1. The molecule has 0 saturated heterocycles. The molecule has 0 unspecified atom stereocenters. The van der Waals surface area contributed by atoms with Gasteiger partial charge in [-0.25, -0.2) is 4.79 Å². The largest absolute Gasteiger partial charge is 0.422 e. The van der Waals surface area contributed by atoms with Crippen molar-refractivity contribution in [2.45, 2.75) is 6.54 Å². The first-order valence-corrected chi connectivity index (χ1v) is 7.96. The summed E-state index contributed by atoms with van der Waals surface area (Å²) in [6.45, 7) is 0.298. The number of halogens is 2. The van der Waals surface area contributed by atoms with Crippen LogP contribution in [0.3, 0.4) is 0 Å². The number of benzene rings is 2. The van der Waals surface area contributed by atoms with Crippen LogP contribution in [0.15, 0.2) is 62.2 Å². The first-order chi connectivity index (χ1) is 11.0. The van der Waals surface area contributed by atoms with Crippen LogP contribution in [0.1, 0.15) is 15.9 Å². The second-order valence-corrected chi connectivity index (χ2v) is 6.29. The van der Waals surface area contributed by atoms with Gasteiger partial charge in [-0.15, -0.1) is 0 Å². The summed E-state index contributed by atoms with van der Waals surface area (Å²) in [4.78, 5) is 24.2. The maximum atomic E-state index is 12.2. The van der Waals surface area contributed by atoms with Gasteiger partial charge in [-0.05, 0) is 42.0 Å². The van der Waals surface area contributed by atoms with Crippen molar-refractivity contribution in [2.24, 2.45) is 0 Å². The predicted molar refractivity (Wildman–Crippen MR) is 92.8 cm³/mol. The average Bonchev–Trinajstić information content (AvgIpc) is 2.54. The molecule has 0 fully saturated rings. The molecule has 1 N–H and O–H groups in total. The molecule has 1 amide bonds. The lowest BCUT2D eigenvalue weighted by Crippen LogP contribution is -2.27. The van der Waals surface area contributed by atoms with Gasteiger partial charge < -0.3 is 9.73 Å². The Hall–Kier alpha value is -2.11. The van der Waals surface area contributed by atoms with E-state index in [0.29, 0.717) is 22.5 Å². The van der Waals surface area contributed by atoms with Crippen LogP contribution in [0.25, 0.3) is 11.0 Å². The molecule has 0 aliphatic rings. The second kappa shape index (κ2) is 6.56. The van der Waals surface area contributed by atoms with E-state index in [-0.39, 0.29) is 5.56 Å². The summed E-state index contributed by atoms with van der Waals surface area (Å²) in [5.74, 6) is -0.476. The molecular formula is C17H11BrClNO3. The normalized spacial score (nSPS) is 10.7. The molecule has 0 radical (unpaired) electrons. The fourth-order valence-corrected chi connectivity index (χ4v) is 2.64. The molecule has 3 rings (SSSR count). The van der Waals surface area contributed by atoms with Crippen LogP contribution in [0.4, 0.5) is 0 Å². The summed E-state index contributed by atoms with van der Waals surface area (Å²) < 4.78 is 6.02. The van der Waals surface area contributed by atoms with Crippen molar-refractivity contribution in [1.82, 2.24) is 5.32 Å². The summed E-state index contributed by atoms with van der Waals surface area (Å²) in [5.41, 5.74) is 0.640. The molecular weight excluding hydrogens is 382 g/mol. The molecule has 0 atom stereocenters. The van der Waals surface area contributed by atoms with Gasteiger partial charge >= 0.3 is 5.63 Å². The zero-order valence-electron chi connectivity index (χ0n) is 11.8. The highest BCUT2D eigenvalue weighted by Crippen LogP contribution is 2.19. The Bertz CT molecular complexity index is 935. The van der Waals surface area contributed by atoms with Crippen LogP contribution in [-0.2, 0) is 6.54 Å². The van der Waals surface area contributed by atoms with Gasteiger partial charge in [0.1, 0.15) is 11.1 Å². The van der Waals surface area contributed by atoms with E-state index in [1.165, 1.54) is 6.07 Å². The molecule has 0 aliphatic carbocycles. The number of hydrogen-bond acceptors (Lipinski definition) is 3. The van der Waals surface area contributed by atoms with E-state index in [0.717, 1.165) is 10.0 Å². The van der Waals surface area contributed by atoms with Crippen LogP contribution < -0.4 is 10.9 Å². The molecule has 23 heavy (non-hydrogen) atoms. The minimum absolute atomic E-state index is 0.0236. The molecule has 1 aromatic heterocycles. The highest BCUT2D eigenvalue weighted by atomic mass is 79.9. The monoisotopic (exact) mass is 391 g/mol. The van der Waals surface area contributed by atoms with Gasteiger partial charge in [-0.2, -0.15) is 0 Å². The molecule has 1 heterocycles. The van der Waals surface area contributed by atoms with E-state index >= 15 is 0 Å². The molecule has 0 spiro atoms. The van der Waals surface area contributed by atoms with Crippen molar-refractivity contribution in [2.75, 3.05) is 0 Å². The smallest absolute Gasteiger partial charge is 0.349 e. The van der Waals surface area contributed by atoms with Gasteiger partial charge in [0.05, 0.1) is 0 Å². The van der Waals surface area contributed by atoms with Crippen molar-refractivity contribution in [1.29, 1.82) is 0 Å². The lowest BCUT2D eigenvalue weighted by atomic mass is 10.1. The number of carbonyl (C=O) groups excluding carboxylic acids is 1. The summed E-state index contributed by atoms with van der Waals surface area (Å²) in [6.07, 6.45) is 0. The predicted octanol–water partition coefficient (Wildman–Crippen LogP) is 4.14. The molecule has 4 nitrogen and oxygen atoms in total. The number of carbonyl (C=O) groups is 1. The SMILES string of the molecule is O=C(NCc1ccc(Cl)cc1)c1cc2cc(Br)ccc2oc1=O. The highest BCUT2D eigenvalue weighted by Gasteiger charge is 2.13. The maximum absolute atomic E-state index is 12.2. The van der Waals surface area contributed by atoms with Crippen molar-refractivity contribution in [3.05, 3.63) is 79.6 Å². The molecule has 0 saturated carbocycles. The Balaban J connectivity index is 1.84. The lowest BCUT2D eigenvalue weighted by molar-refractivity contribution is 0.0947. The molecule has 3 aromatic rings. The van der Waals surface area contributed by atoms with Gasteiger partial charge in [-0.1, -0.05) is 39.7 Å². The third kappa shape index (κ3) is 3.63. The molecule has 2 aromatic carbocycles. The summed E-state index contributed by atoms with van der Waals surface area (Å²) in [5, 5.41) is 4.00. The minimum Gasteiger partial charge on any atom is -0.422 e. The Kier molecular flexibility index (Phi) is 4.50. The zero-order chi connectivity index (χ0) is 16.4. The van der Waals surface area contributed by atoms with Crippen LogP contribution in [0.2, 0.25) is 5.02 Å². The third-order valence-electron chi connectivity index (χ3n) is 3.31. The van der Waals surface area contributed by atoms with Crippen molar-refractivity contribution in [3.63, 3.8) is 0 Å². The number of fused-ring (bicyclic) bond motifs is 1. The topological polar surface area (TPSA) is 59.3 Å². The highest BCUT2D eigenvalue weighted by molar-refractivity contribution is 9.10. The van der Waals surface area contributed by atoms with Gasteiger partial charge in [0.2, 0.25) is 0 Å². The molecule has 6 heteroatoms. The first-order valence-electron chi connectivity index (χ1n) is 6.79. The Morgan fingerprint density at radius 2 is 1.87 bits per heavy atom. The number of nitrogens with one attached hydrogen (secondary N) is 1. The van der Waals surface area contributed by atoms with E-state index in [1.54, 1.807) is 30.3 Å². The first kappa shape index (κ1) is 15.8. The van der Waals surface area contributed by atoms with E-state index in [1.807, 2.05) is 12.1 Å². The lowest BCUT2D eigenvalue weighted by Gasteiger charge is -2.06. The molecule has 0 aliphatic heterocycles. The van der Waals surface area contributed by atoms with Crippen molar-refractivity contribution >= 4 is 44.4 Å². The Labute approximate surface area is 145 Å². The van der Waals surface area contributed by atoms with E-state index in [4.69, 9.17) is 16.0 Å². The Morgan fingerprint density at radius 3 is 2.61 bits per heavy atom. The standard InChI is InChI=1S/C17H11BrClNO3/c18-12-3-6-15-11(7-12)8-14(17(22)23-15)16(21)20-9-10-1-4-13(19)5-2-10/h1-8H,9H2,(H,20,21). The van der Waals surface area contributed by atoms with Crippen LogP contribution >= 0.6 is 27.5 Å². The average molecular weight is 393 g/mol. The van der Waals surface area contributed by atoms with Crippen LogP contribution in [0.5, 0.6) is 0 Å². The van der Waals surface area contributed by atoms with E-state index in [9.17, 15) is 9.59 Å². The zero-order valence-corrected chi connectivity index (χ0v) is 14.1. The van der Waals surface area contributed by atoms with Gasteiger partial charge in [0.15, 0.2) is 0 Å². The molecule has 116 valence electrons. The fraction of sp³-hybridized carbons (Fsp3) is 0.0588.